The Bertz CT molecular complexity index is 492. The first-order valence-electron chi connectivity index (χ1n) is 7.60. The van der Waals surface area contributed by atoms with Gasteiger partial charge in [-0.1, -0.05) is 24.6 Å². The number of anilines is 1. The molecule has 5 heteroatoms. The van der Waals surface area contributed by atoms with Gasteiger partial charge in [-0.25, -0.2) is 0 Å². The lowest BCUT2D eigenvalue weighted by molar-refractivity contribution is -0.127. The first-order valence-corrected chi connectivity index (χ1v) is 7.97. The Labute approximate surface area is 132 Å². The highest BCUT2D eigenvalue weighted by Gasteiger charge is 2.19. The largest absolute Gasteiger partial charge is 0.362 e. The van der Waals surface area contributed by atoms with Gasteiger partial charge in [-0.15, -0.1) is 0 Å². The fourth-order valence-corrected chi connectivity index (χ4v) is 2.72. The molecule has 1 fully saturated rings. The minimum absolute atomic E-state index is 0.164. The molecule has 1 aliphatic heterocycles. The predicted octanol–water partition coefficient (Wildman–Crippen LogP) is 2.51. The first kappa shape index (κ1) is 16.1. The molecule has 1 amide bonds. The third kappa shape index (κ3) is 4.35. The Kier molecular flexibility index (Phi) is 5.88. The van der Waals surface area contributed by atoms with E-state index < -0.39 is 0 Å². The van der Waals surface area contributed by atoms with Crippen LogP contribution in [0, 0.1) is 0 Å². The maximum absolute atomic E-state index is 12.0. The van der Waals surface area contributed by atoms with Gasteiger partial charge in [-0.3, -0.25) is 4.79 Å². The maximum Gasteiger partial charge on any atom is 0.241 e. The van der Waals surface area contributed by atoms with Gasteiger partial charge in [-0.05, 0) is 37.1 Å². The van der Waals surface area contributed by atoms with Gasteiger partial charge in [-0.2, -0.15) is 0 Å². The number of likely N-dealkylation sites (N-methyl/N-ethyl adjacent to an activating group) is 1. The van der Waals surface area contributed by atoms with Crippen LogP contribution in [-0.2, 0) is 11.3 Å². The molecule has 1 saturated heterocycles. The minimum Gasteiger partial charge on any atom is -0.362 e. The molecule has 0 bridgehead atoms. The third-order valence-corrected chi connectivity index (χ3v) is 4.17. The monoisotopic (exact) mass is 309 g/mol. The lowest BCUT2D eigenvalue weighted by Gasteiger charge is -2.22. The molecular weight excluding hydrogens is 286 g/mol. The summed E-state index contributed by atoms with van der Waals surface area (Å²) in [5.41, 5.74) is 2.13. The van der Waals surface area contributed by atoms with Crippen molar-refractivity contribution in [1.82, 2.24) is 10.2 Å². The van der Waals surface area contributed by atoms with Crippen molar-refractivity contribution in [2.24, 2.45) is 0 Å². The zero-order valence-corrected chi connectivity index (χ0v) is 13.6. The number of amides is 1. The summed E-state index contributed by atoms with van der Waals surface area (Å²) in [5.74, 6) is 0.164. The van der Waals surface area contributed by atoms with Crippen LogP contribution in [0.5, 0.6) is 0 Å². The summed E-state index contributed by atoms with van der Waals surface area (Å²) in [6.45, 7) is 6.06. The molecule has 1 heterocycles. The second-order valence-electron chi connectivity index (χ2n) is 5.54. The van der Waals surface area contributed by atoms with Crippen LogP contribution in [-0.4, -0.2) is 44.0 Å². The van der Waals surface area contributed by atoms with E-state index in [2.05, 4.69) is 29.3 Å². The van der Waals surface area contributed by atoms with Crippen LogP contribution in [0.3, 0.4) is 0 Å². The molecule has 116 valence electrons. The number of hydrogen-bond acceptors (Lipinski definition) is 3. The van der Waals surface area contributed by atoms with E-state index in [4.69, 9.17) is 11.6 Å². The Morgan fingerprint density at radius 1 is 1.33 bits per heavy atom. The molecule has 0 spiro atoms. The van der Waals surface area contributed by atoms with Crippen LogP contribution in [0.1, 0.15) is 25.3 Å². The van der Waals surface area contributed by atoms with Crippen molar-refractivity contribution in [2.45, 2.75) is 26.3 Å². The van der Waals surface area contributed by atoms with E-state index in [0.717, 1.165) is 55.3 Å². The fraction of sp³-hybridized carbons (Fsp3) is 0.562. The van der Waals surface area contributed by atoms with E-state index in [9.17, 15) is 4.79 Å². The van der Waals surface area contributed by atoms with Crippen LogP contribution in [0.4, 0.5) is 5.69 Å². The lowest BCUT2D eigenvalue weighted by atomic mass is 10.2. The summed E-state index contributed by atoms with van der Waals surface area (Å²) in [6, 6.07) is 6.09. The molecule has 0 radical (unpaired) electrons. The number of carbonyl (C=O) groups excluding carboxylic acids is 1. The van der Waals surface area contributed by atoms with Crippen molar-refractivity contribution in [3.05, 3.63) is 28.8 Å². The van der Waals surface area contributed by atoms with Gasteiger partial charge < -0.3 is 15.1 Å². The minimum atomic E-state index is 0.164. The Balaban J connectivity index is 2.06. The van der Waals surface area contributed by atoms with Crippen molar-refractivity contribution in [1.29, 1.82) is 0 Å². The molecular formula is C16H24ClN3O. The molecule has 0 aliphatic carbocycles. The molecule has 0 saturated carbocycles. The number of hydrogen-bond donors (Lipinski definition) is 1. The SMILES string of the molecule is CCCNCc1ccc(N2CCCN(C)C(=O)C2)cc1Cl. The van der Waals surface area contributed by atoms with E-state index in [1.165, 1.54) is 0 Å². The molecule has 0 atom stereocenters. The predicted molar refractivity (Wildman–Crippen MR) is 87.9 cm³/mol. The number of halogens is 1. The number of carbonyl (C=O) groups is 1. The van der Waals surface area contributed by atoms with Crippen molar-refractivity contribution in [3.63, 3.8) is 0 Å². The van der Waals surface area contributed by atoms with Gasteiger partial charge in [0, 0.05) is 37.4 Å². The first-order chi connectivity index (χ1) is 10.1. The molecule has 2 rings (SSSR count). The summed E-state index contributed by atoms with van der Waals surface area (Å²) in [5, 5.41) is 4.12. The number of nitrogens with one attached hydrogen (secondary N) is 1. The smallest absolute Gasteiger partial charge is 0.241 e. The average Bonchev–Trinajstić information content (AvgIpc) is 2.63. The lowest BCUT2D eigenvalue weighted by Crippen LogP contribution is -2.34. The van der Waals surface area contributed by atoms with Gasteiger partial charge in [0.15, 0.2) is 0 Å². The molecule has 4 nitrogen and oxygen atoms in total. The molecule has 1 aromatic carbocycles. The second-order valence-corrected chi connectivity index (χ2v) is 5.95. The van der Waals surface area contributed by atoms with Crippen LogP contribution in [0.25, 0.3) is 0 Å². The summed E-state index contributed by atoms with van der Waals surface area (Å²) in [6.07, 6.45) is 2.10. The van der Waals surface area contributed by atoms with E-state index in [-0.39, 0.29) is 5.91 Å². The molecule has 1 aromatic rings. The van der Waals surface area contributed by atoms with Gasteiger partial charge >= 0.3 is 0 Å². The molecule has 0 unspecified atom stereocenters. The Morgan fingerprint density at radius 2 is 2.14 bits per heavy atom. The summed E-state index contributed by atoms with van der Waals surface area (Å²) in [4.78, 5) is 15.9. The highest BCUT2D eigenvalue weighted by Crippen LogP contribution is 2.24. The van der Waals surface area contributed by atoms with Crippen molar-refractivity contribution in [3.8, 4) is 0 Å². The molecule has 1 N–H and O–H groups in total. The average molecular weight is 310 g/mol. The van der Waals surface area contributed by atoms with Gasteiger partial charge in [0.1, 0.15) is 0 Å². The summed E-state index contributed by atoms with van der Waals surface area (Å²) in [7, 11) is 1.86. The highest BCUT2D eigenvalue weighted by molar-refractivity contribution is 6.31. The van der Waals surface area contributed by atoms with E-state index >= 15 is 0 Å². The quantitative estimate of drug-likeness (QED) is 0.849. The molecule has 0 aromatic heterocycles. The zero-order valence-electron chi connectivity index (χ0n) is 12.9. The van der Waals surface area contributed by atoms with Crippen molar-refractivity contribution in [2.75, 3.05) is 38.1 Å². The summed E-state index contributed by atoms with van der Waals surface area (Å²) >= 11 is 6.37. The van der Waals surface area contributed by atoms with Gasteiger partial charge in [0.25, 0.3) is 0 Å². The summed E-state index contributed by atoms with van der Waals surface area (Å²) < 4.78 is 0. The Hall–Kier alpha value is -1.26. The van der Waals surface area contributed by atoms with E-state index in [0.29, 0.717) is 6.54 Å². The number of nitrogens with zero attached hydrogens (tertiary/aromatic N) is 2. The number of rotatable bonds is 5. The van der Waals surface area contributed by atoms with Crippen LogP contribution in [0.15, 0.2) is 18.2 Å². The topological polar surface area (TPSA) is 35.6 Å². The van der Waals surface area contributed by atoms with Crippen molar-refractivity contribution < 1.29 is 4.79 Å². The normalized spacial score (nSPS) is 16.2. The third-order valence-electron chi connectivity index (χ3n) is 3.82. The zero-order chi connectivity index (χ0) is 15.2. The fourth-order valence-electron chi connectivity index (χ4n) is 2.48. The second kappa shape index (κ2) is 7.66. The van der Waals surface area contributed by atoms with Crippen LogP contribution in [0.2, 0.25) is 5.02 Å². The molecule has 21 heavy (non-hydrogen) atoms. The number of benzene rings is 1. The standard InChI is InChI=1S/C16H24ClN3O/c1-3-7-18-11-13-5-6-14(10-15(13)17)20-9-4-8-19(2)16(21)12-20/h5-6,10,18H,3-4,7-9,11-12H2,1-2H3. The highest BCUT2D eigenvalue weighted by atomic mass is 35.5. The molecule has 1 aliphatic rings. The van der Waals surface area contributed by atoms with Gasteiger partial charge in [0.05, 0.1) is 6.54 Å². The van der Waals surface area contributed by atoms with E-state index in [1.807, 2.05) is 13.1 Å². The maximum atomic E-state index is 12.0. The van der Waals surface area contributed by atoms with Crippen molar-refractivity contribution >= 4 is 23.2 Å². The van der Waals surface area contributed by atoms with Crippen LogP contribution >= 0.6 is 11.6 Å². The van der Waals surface area contributed by atoms with Crippen LogP contribution < -0.4 is 10.2 Å². The van der Waals surface area contributed by atoms with Gasteiger partial charge in [0.2, 0.25) is 5.91 Å². The Morgan fingerprint density at radius 3 is 2.86 bits per heavy atom. The van der Waals surface area contributed by atoms with E-state index in [1.54, 1.807) is 4.90 Å².